The number of likely N-dealkylation sites (N-methyl/N-ethyl adjacent to an activating group) is 1. The van der Waals surface area contributed by atoms with E-state index in [0.29, 0.717) is 45.3 Å². The fourth-order valence-corrected chi connectivity index (χ4v) is 11.4. The molecule has 0 radical (unpaired) electrons. The highest BCUT2D eigenvalue weighted by molar-refractivity contribution is 5.97. The minimum absolute atomic E-state index is 0.133. The summed E-state index contributed by atoms with van der Waals surface area (Å²) < 4.78 is 14.3. The lowest BCUT2D eigenvalue weighted by atomic mass is 9.84. The molecular weight excluding hydrogens is 921 g/mol. The van der Waals surface area contributed by atoms with Gasteiger partial charge < -0.3 is 29.2 Å². The Morgan fingerprint density at radius 1 is 0.986 bits per heavy atom. The van der Waals surface area contributed by atoms with Crippen LogP contribution in [0.3, 0.4) is 0 Å². The summed E-state index contributed by atoms with van der Waals surface area (Å²) in [7, 11) is 3.32. The summed E-state index contributed by atoms with van der Waals surface area (Å²) in [5, 5.41) is 5.62. The molecule has 2 N–H and O–H groups in total. The van der Waals surface area contributed by atoms with Gasteiger partial charge in [-0.15, -0.1) is 0 Å². The zero-order valence-corrected chi connectivity index (χ0v) is 44.7. The van der Waals surface area contributed by atoms with Crippen LogP contribution >= 0.6 is 0 Å². The Balaban J connectivity index is 1.10. The van der Waals surface area contributed by atoms with Gasteiger partial charge in [-0.05, 0) is 138 Å². The van der Waals surface area contributed by atoms with Crippen molar-refractivity contribution in [2.75, 3.05) is 53.5 Å². The van der Waals surface area contributed by atoms with Gasteiger partial charge in [-0.25, -0.2) is 5.43 Å². The fourth-order valence-electron chi connectivity index (χ4n) is 11.4. The minimum atomic E-state index is -1.06. The Hall–Kier alpha value is -6.08. The Bertz CT molecular complexity index is 2780. The first-order valence-corrected chi connectivity index (χ1v) is 26.4. The summed E-state index contributed by atoms with van der Waals surface area (Å²) in [5.41, 5.74) is 10.1. The van der Waals surface area contributed by atoms with Crippen LogP contribution in [-0.4, -0.2) is 136 Å². The molecule has 8 rings (SSSR count). The zero-order valence-electron chi connectivity index (χ0n) is 44.7. The number of hydrazine groups is 1. The first-order chi connectivity index (χ1) is 34.8. The van der Waals surface area contributed by atoms with Crippen molar-refractivity contribution >= 4 is 40.5 Å². The van der Waals surface area contributed by atoms with Gasteiger partial charge >= 0.3 is 5.97 Å². The average molecular weight is 997 g/mol. The average Bonchev–Trinajstić information content (AvgIpc) is 4.17. The maximum atomic E-state index is 14.8. The topological polar surface area (TPSA) is 159 Å². The molecule has 0 saturated carbocycles. The van der Waals surface area contributed by atoms with Gasteiger partial charge in [-0.1, -0.05) is 63.9 Å². The number of rotatable bonds is 10. The molecule has 2 aromatic heterocycles. The summed E-state index contributed by atoms with van der Waals surface area (Å²) in [4.78, 5) is 81.4. The highest BCUT2D eigenvalue weighted by atomic mass is 16.5. The van der Waals surface area contributed by atoms with Crippen LogP contribution < -0.4 is 10.7 Å². The molecule has 3 fully saturated rings. The van der Waals surface area contributed by atoms with Crippen LogP contribution in [0.2, 0.25) is 0 Å². The number of ether oxygens (including phenoxy) is 2. The van der Waals surface area contributed by atoms with Crippen molar-refractivity contribution in [3.8, 4) is 34.2 Å². The van der Waals surface area contributed by atoms with E-state index in [4.69, 9.17) is 14.5 Å². The quantitative estimate of drug-likeness (QED) is 0.126. The Morgan fingerprint density at radius 3 is 2.47 bits per heavy atom. The predicted octanol–water partition coefficient (Wildman–Crippen LogP) is 6.96. The number of nitrogens with one attached hydrogen (secondary N) is 2. The number of aromatic nitrogens is 2. The lowest BCUT2D eigenvalue weighted by Gasteiger charge is -2.37. The monoisotopic (exact) mass is 997 g/mol. The number of fused-ring (bicyclic) bond motifs is 6. The van der Waals surface area contributed by atoms with Crippen LogP contribution in [0.4, 0.5) is 0 Å². The molecule has 5 atom stereocenters. The summed E-state index contributed by atoms with van der Waals surface area (Å²) in [6.45, 7) is 19.9. The Kier molecular flexibility index (Phi) is 16.2. The maximum absolute atomic E-state index is 14.8. The van der Waals surface area contributed by atoms with Crippen molar-refractivity contribution < 1.29 is 33.4 Å². The van der Waals surface area contributed by atoms with E-state index in [1.165, 1.54) is 9.91 Å². The third-order valence-corrected chi connectivity index (χ3v) is 15.5. The SMILES string of the molecule is CCn1c(-c2cccnc2[C@H](C)OC)c2c3cc(ccc31)-c1cccc(c1)C[C@H](NC(=O)[C@H](C(C)C)N(C)C(=O)[C@H]1CCN(C(=O)C#CC(C)(C)N3CCCC3)C1)C(=O)N1CCC[C@H](N1)C(=O)OCC(C)(C)C2. The fraction of sp³-hybridized carbons (Fsp3) is 0.552. The Labute approximate surface area is 431 Å². The molecule has 0 spiro atoms. The van der Waals surface area contributed by atoms with E-state index in [1.54, 1.807) is 25.3 Å². The number of amides is 4. The van der Waals surface area contributed by atoms with Gasteiger partial charge in [-0.3, -0.25) is 38.9 Å². The van der Waals surface area contributed by atoms with E-state index in [-0.39, 0.29) is 43.4 Å². The number of aryl methyl sites for hydroxylation is 1. The smallest absolute Gasteiger partial charge is 0.324 e. The van der Waals surface area contributed by atoms with Crippen molar-refractivity contribution in [3.05, 3.63) is 77.6 Å². The standard InChI is InChI=1S/C58H76N8O7/c1-11-65-48-22-21-41-33-44(48)45(52(65)43-19-15-26-59-50(43)38(4)72-10)34-57(5,6)36-73-56(71)46-20-16-29-66(61-46)55(70)47(32-39-17-14-18-40(41)31-39)60-53(68)51(37(2)3)62(9)54(69)42-24-30-63(35-42)49(67)23-25-58(7,8)64-27-12-13-28-64/h14-15,17-19,21-22,26,31,33,37-38,42,46-47,51,61H,11-13,16,20,24,27-30,32,34-36H2,1-10H3,(H,60,68)/t38-,42-,46-,47-,51-/m0/s1. The maximum Gasteiger partial charge on any atom is 0.324 e. The van der Waals surface area contributed by atoms with Gasteiger partial charge in [0.25, 0.3) is 11.8 Å². The highest BCUT2D eigenvalue weighted by Crippen LogP contribution is 2.42. The molecule has 15 nitrogen and oxygen atoms in total. The molecule has 0 aliphatic carbocycles. The minimum Gasteiger partial charge on any atom is -0.464 e. The summed E-state index contributed by atoms with van der Waals surface area (Å²) >= 11 is 0. The van der Waals surface area contributed by atoms with Crippen molar-refractivity contribution in [3.63, 3.8) is 0 Å². The number of carbonyl (C=O) groups excluding carboxylic acids is 5. The molecule has 73 heavy (non-hydrogen) atoms. The number of cyclic esters (lactones) is 1. The second-order valence-corrected chi connectivity index (χ2v) is 22.2. The number of hydrogen-bond acceptors (Lipinski definition) is 10. The second kappa shape index (κ2) is 22.2. The number of methoxy groups -OCH3 is 1. The summed E-state index contributed by atoms with van der Waals surface area (Å²) in [5.74, 6) is 3.36. The number of carbonyl (C=O) groups is 5. The van der Waals surface area contributed by atoms with Gasteiger partial charge in [0, 0.05) is 74.8 Å². The van der Waals surface area contributed by atoms with E-state index in [0.717, 1.165) is 76.0 Å². The number of pyridine rings is 1. The van der Waals surface area contributed by atoms with E-state index in [1.807, 2.05) is 52.8 Å². The van der Waals surface area contributed by atoms with Crippen LogP contribution in [-0.2, 0) is 52.8 Å². The van der Waals surface area contributed by atoms with Gasteiger partial charge in [0.1, 0.15) is 18.1 Å². The third kappa shape index (κ3) is 11.5. The van der Waals surface area contributed by atoms with Crippen molar-refractivity contribution in [1.82, 2.24) is 40.0 Å². The molecule has 4 amide bonds. The molecular formula is C58H76N8O7. The summed E-state index contributed by atoms with van der Waals surface area (Å²) in [6.07, 6.45) is 5.98. The third-order valence-electron chi connectivity index (χ3n) is 15.5. The first-order valence-electron chi connectivity index (χ1n) is 26.4. The largest absolute Gasteiger partial charge is 0.464 e. The predicted molar refractivity (Wildman–Crippen MR) is 282 cm³/mol. The first kappa shape index (κ1) is 53.2. The number of benzene rings is 2. The second-order valence-electron chi connectivity index (χ2n) is 22.2. The van der Waals surface area contributed by atoms with Crippen molar-refractivity contribution in [2.45, 2.75) is 137 Å². The molecule has 4 aromatic rings. The molecule has 4 aliphatic rings. The zero-order chi connectivity index (χ0) is 52.4. The number of likely N-dealkylation sites (tertiary alicyclic amines) is 2. The summed E-state index contributed by atoms with van der Waals surface area (Å²) in [6, 6.07) is 15.9. The molecule has 15 heteroatoms. The van der Waals surface area contributed by atoms with Crippen molar-refractivity contribution in [2.24, 2.45) is 17.3 Å². The molecule has 2 aromatic carbocycles. The normalized spacial score (nSPS) is 21.5. The molecule has 6 bridgehead atoms. The van der Waals surface area contributed by atoms with Crippen LogP contribution in [0.15, 0.2) is 60.8 Å². The molecule has 6 heterocycles. The highest BCUT2D eigenvalue weighted by Gasteiger charge is 2.41. The number of nitrogens with zero attached hydrogens (tertiary/aromatic N) is 6. The Morgan fingerprint density at radius 2 is 1.74 bits per heavy atom. The number of hydrogen-bond donors (Lipinski definition) is 2. The van der Waals surface area contributed by atoms with Crippen LogP contribution in [0.25, 0.3) is 33.3 Å². The lowest BCUT2D eigenvalue weighted by Crippen LogP contribution is -2.62. The van der Waals surface area contributed by atoms with E-state index >= 15 is 0 Å². The molecule has 0 unspecified atom stereocenters. The van der Waals surface area contributed by atoms with Crippen LogP contribution in [0.1, 0.15) is 110 Å². The van der Waals surface area contributed by atoms with Gasteiger partial charge in [-0.2, -0.15) is 0 Å². The lowest BCUT2D eigenvalue weighted by molar-refractivity contribution is -0.155. The molecule has 3 saturated heterocycles. The van der Waals surface area contributed by atoms with Crippen LogP contribution in [0, 0.1) is 29.1 Å². The van der Waals surface area contributed by atoms with E-state index in [9.17, 15) is 24.0 Å². The van der Waals surface area contributed by atoms with E-state index < -0.39 is 52.8 Å². The molecule has 4 aliphatic heterocycles. The van der Waals surface area contributed by atoms with Gasteiger partial charge in [0.15, 0.2) is 0 Å². The van der Waals surface area contributed by atoms with Gasteiger partial charge in [0.05, 0.1) is 35.6 Å². The van der Waals surface area contributed by atoms with Gasteiger partial charge in [0.2, 0.25) is 11.8 Å². The molecule has 390 valence electrons. The van der Waals surface area contributed by atoms with E-state index in [2.05, 4.69) is 89.2 Å². The number of esters is 1. The van der Waals surface area contributed by atoms with Crippen LogP contribution in [0.5, 0.6) is 0 Å². The van der Waals surface area contributed by atoms with Crippen molar-refractivity contribution in [1.29, 1.82) is 0 Å².